The van der Waals surface area contributed by atoms with E-state index in [1.807, 2.05) is 37.2 Å². The van der Waals surface area contributed by atoms with E-state index >= 15 is 0 Å². The summed E-state index contributed by atoms with van der Waals surface area (Å²) < 4.78 is 2.61. The fraction of sp³-hybridized carbons (Fsp3) is 0.444. The van der Waals surface area contributed by atoms with Crippen LogP contribution < -0.4 is 0 Å². The summed E-state index contributed by atoms with van der Waals surface area (Å²) in [6.07, 6.45) is 21.2. The second-order valence-corrected chi connectivity index (χ2v) is 9.36. The quantitative estimate of drug-likeness (QED) is 0.233. The maximum Gasteiger partial charge on any atom is 0.0513 e. The summed E-state index contributed by atoms with van der Waals surface area (Å²) in [6.45, 7) is 8.89. The van der Waals surface area contributed by atoms with Crippen LogP contribution in [0.15, 0.2) is 77.4 Å². The SMILES string of the molecule is C=C/C=C(Cl)\C=C/C.CSN(Cc1ccc(C2=NC=CC2)cc1)C1CCCCCC1C. The number of benzene rings is 1. The summed E-state index contributed by atoms with van der Waals surface area (Å²) in [7, 11) is 0. The molecule has 1 aromatic rings. The van der Waals surface area contributed by atoms with Crippen LogP contribution in [0.4, 0.5) is 0 Å². The van der Waals surface area contributed by atoms with E-state index in [1.165, 1.54) is 48.9 Å². The lowest BCUT2D eigenvalue weighted by molar-refractivity contribution is 0.248. The van der Waals surface area contributed by atoms with Crippen LogP contribution >= 0.6 is 23.5 Å². The first kappa shape index (κ1) is 25.7. The predicted molar refractivity (Wildman–Crippen MR) is 141 cm³/mol. The Morgan fingerprint density at radius 2 is 1.97 bits per heavy atom. The molecule has 1 saturated carbocycles. The topological polar surface area (TPSA) is 15.6 Å². The van der Waals surface area contributed by atoms with Crippen LogP contribution in [0, 0.1) is 5.92 Å². The largest absolute Gasteiger partial charge is 0.261 e. The average molecular weight is 457 g/mol. The maximum absolute atomic E-state index is 5.58. The zero-order valence-electron chi connectivity index (χ0n) is 19.3. The van der Waals surface area contributed by atoms with Gasteiger partial charge in [-0.2, -0.15) is 0 Å². The summed E-state index contributed by atoms with van der Waals surface area (Å²) in [4.78, 5) is 4.43. The fourth-order valence-electron chi connectivity index (χ4n) is 4.08. The van der Waals surface area contributed by atoms with Crippen molar-refractivity contribution in [2.45, 2.75) is 65.0 Å². The third-order valence-electron chi connectivity index (χ3n) is 5.80. The number of nitrogens with zero attached hydrogens (tertiary/aromatic N) is 2. The Morgan fingerprint density at radius 3 is 2.58 bits per heavy atom. The number of halogens is 1. The van der Waals surface area contributed by atoms with Crippen LogP contribution in [0.25, 0.3) is 0 Å². The molecular weight excluding hydrogens is 420 g/mol. The predicted octanol–water partition coefficient (Wildman–Crippen LogP) is 8.31. The Morgan fingerprint density at radius 1 is 1.23 bits per heavy atom. The molecule has 1 aliphatic heterocycles. The zero-order valence-corrected chi connectivity index (χ0v) is 20.8. The normalized spacial score (nSPS) is 21.6. The molecule has 1 aromatic carbocycles. The summed E-state index contributed by atoms with van der Waals surface area (Å²) in [5.74, 6) is 0.808. The molecule has 0 N–H and O–H groups in total. The first-order chi connectivity index (χ1) is 15.1. The van der Waals surface area contributed by atoms with Crippen LogP contribution in [0.1, 0.15) is 63.5 Å². The lowest BCUT2D eigenvalue weighted by atomic mass is 9.96. The molecule has 168 valence electrons. The van der Waals surface area contributed by atoms with Crippen LogP contribution in [-0.4, -0.2) is 22.3 Å². The molecule has 0 radical (unpaired) electrons. The van der Waals surface area contributed by atoms with Crippen molar-refractivity contribution in [3.8, 4) is 0 Å². The van der Waals surface area contributed by atoms with E-state index in [9.17, 15) is 0 Å². The molecule has 0 saturated heterocycles. The number of hydrogen-bond acceptors (Lipinski definition) is 3. The molecule has 2 nitrogen and oxygen atoms in total. The minimum atomic E-state index is 0.711. The van der Waals surface area contributed by atoms with Gasteiger partial charge >= 0.3 is 0 Å². The van der Waals surface area contributed by atoms with Gasteiger partial charge in [-0.1, -0.05) is 98.8 Å². The van der Waals surface area contributed by atoms with Crippen LogP contribution in [-0.2, 0) is 6.54 Å². The minimum absolute atomic E-state index is 0.711. The minimum Gasteiger partial charge on any atom is -0.261 e. The van der Waals surface area contributed by atoms with Crippen LogP contribution in [0.2, 0.25) is 0 Å². The van der Waals surface area contributed by atoms with Gasteiger partial charge in [0.2, 0.25) is 0 Å². The van der Waals surface area contributed by atoms with E-state index < -0.39 is 0 Å². The highest BCUT2D eigenvalue weighted by molar-refractivity contribution is 7.96. The van der Waals surface area contributed by atoms with Gasteiger partial charge < -0.3 is 0 Å². The van der Waals surface area contributed by atoms with E-state index in [0.717, 1.165) is 24.9 Å². The second kappa shape index (κ2) is 14.5. The van der Waals surface area contributed by atoms with Gasteiger partial charge in [0.15, 0.2) is 0 Å². The van der Waals surface area contributed by atoms with Crippen molar-refractivity contribution in [2.75, 3.05) is 6.26 Å². The van der Waals surface area contributed by atoms with Crippen molar-refractivity contribution >= 4 is 29.3 Å². The average Bonchev–Trinajstić information content (AvgIpc) is 3.23. The van der Waals surface area contributed by atoms with Crippen molar-refractivity contribution in [3.63, 3.8) is 0 Å². The monoisotopic (exact) mass is 456 g/mol. The lowest BCUT2D eigenvalue weighted by Gasteiger charge is -2.33. The van der Waals surface area contributed by atoms with Gasteiger partial charge in [0.05, 0.1) is 5.71 Å². The van der Waals surface area contributed by atoms with E-state index in [4.69, 9.17) is 11.6 Å². The van der Waals surface area contributed by atoms with Gasteiger partial charge in [-0.3, -0.25) is 4.99 Å². The highest BCUT2D eigenvalue weighted by Crippen LogP contribution is 2.31. The van der Waals surface area contributed by atoms with Crippen LogP contribution in [0.5, 0.6) is 0 Å². The molecule has 0 amide bonds. The van der Waals surface area contributed by atoms with Gasteiger partial charge in [0.25, 0.3) is 0 Å². The molecule has 3 rings (SSSR count). The molecule has 4 heteroatoms. The number of rotatable bonds is 7. The third-order valence-corrected chi connectivity index (χ3v) is 6.92. The van der Waals surface area contributed by atoms with Gasteiger partial charge in [0, 0.05) is 30.2 Å². The molecule has 0 bridgehead atoms. The number of hydrogen-bond donors (Lipinski definition) is 0. The Bertz CT molecular complexity index is 792. The second-order valence-electron chi connectivity index (χ2n) is 8.09. The Balaban J connectivity index is 0.000000366. The number of allylic oxidation sites excluding steroid dienone is 6. The standard InChI is InChI=1S/C20H28N2S.C7H9Cl/c1-16-7-4-3-5-9-20(16)22(23-2)15-17-10-12-18(13-11-17)19-8-6-14-21-19;1-3-5-7(8)6-4-2/h6,10-14,16,20H,3-5,7-9,15H2,1-2H3;3-6H,1H2,2H3/b;6-4-,7-5+. The van der Waals surface area contributed by atoms with E-state index in [-0.39, 0.29) is 0 Å². The third kappa shape index (κ3) is 8.84. The van der Waals surface area contributed by atoms with E-state index in [1.54, 1.807) is 12.2 Å². The zero-order chi connectivity index (χ0) is 22.5. The van der Waals surface area contributed by atoms with Gasteiger partial charge in [-0.05, 0) is 55.2 Å². The Labute approximate surface area is 199 Å². The molecule has 1 heterocycles. The van der Waals surface area contributed by atoms with Crippen molar-refractivity contribution in [3.05, 3.63) is 83.6 Å². The van der Waals surface area contributed by atoms with Crippen molar-refractivity contribution in [1.82, 2.24) is 4.31 Å². The van der Waals surface area contributed by atoms with E-state index in [0.29, 0.717) is 5.03 Å². The van der Waals surface area contributed by atoms with Gasteiger partial charge in [-0.15, -0.1) is 0 Å². The van der Waals surface area contributed by atoms with Gasteiger partial charge in [-0.25, -0.2) is 4.31 Å². The highest BCUT2D eigenvalue weighted by Gasteiger charge is 2.25. The van der Waals surface area contributed by atoms with Crippen molar-refractivity contribution < 1.29 is 0 Å². The van der Waals surface area contributed by atoms with Crippen molar-refractivity contribution in [1.29, 1.82) is 0 Å². The molecule has 0 aromatic heterocycles. The molecule has 1 aliphatic carbocycles. The molecule has 2 aliphatic rings. The van der Waals surface area contributed by atoms with Gasteiger partial charge in [0.1, 0.15) is 0 Å². The smallest absolute Gasteiger partial charge is 0.0513 e. The van der Waals surface area contributed by atoms with E-state index in [2.05, 4.69) is 59.4 Å². The molecular formula is C27H37ClN2S. The maximum atomic E-state index is 5.58. The molecule has 0 spiro atoms. The Hall–Kier alpha value is -1.55. The lowest BCUT2D eigenvalue weighted by Crippen LogP contribution is -2.33. The van der Waals surface area contributed by atoms with Crippen LogP contribution in [0.3, 0.4) is 0 Å². The molecule has 31 heavy (non-hydrogen) atoms. The first-order valence-corrected chi connectivity index (χ1v) is 12.9. The molecule has 2 unspecified atom stereocenters. The Kier molecular flexibility index (Phi) is 12.0. The molecule has 2 atom stereocenters. The summed E-state index contributed by atoms with van der Waals surface area (Å²) >= 11 is 7.50. The number of aliphatic imine (C=N–C) groups is 1. The van der Waals surface area contributed by atoms with Crippen molar-refractivity contribution in [2.24, 2.45) is 10.9 Å². The molecule has 1 fully saturated rings. The summed E-state index contributed by atoms with van der Waals surface area (Å²) in [5.41, 5.74) is 3.86. The summed E-state index contributed by atoms with van der Waals surface area (Å²) in [5, 5.41) is 0.711. The fourth-order valence-corrected chi connectivity index (χ4v) is 5.16. The first-order valence-electron chi connectivity index (χ1n) is 11.3. The summed E-state index contributed by atoms with van der Waals surface area (Å²) in [6, 6.07) is 9.74. The highest BCUT2D eigenvalue weighted by atomic mass is 35.5.